The molecule has 0 bridgehead atoms. The van der Waals surface area contributed by atoms with Crippen molar-refractivity contribution in [2.75, 3.05) is 26.2 Å². The summed E-state index contributed by atoms with van der Waals surface area (Å²) in [6, 6.07) is 7.89. The van der Waals surface area contributed by atoms with E-state index in [0.717, 1.165) is 18.7 Å². The van der Waals surface area contributed by atoms with Crippen LogP contribution in [-0.4, -0.2) is 52.1 Å². The Bertz CT molecular complexity index is 574. The zero-order valence-electron chi connectivity index (χ0n) is 12.3. The fourth-order valence-corrected chi connectivity index (χ4v) is 2.71. The van der Waals surface area contributed by atoms with Gasteiger partial charge >= 0.3 is 0 Å². The highest BCUT2D eigenvalue weighted by Crippen LogP contribution is 2.17. The quantitative estimate of drug-likeness (QED) is 0.908. The Morgan fingerprint density at radius 1 is 1.36 bits per heavy atom. The molecule has 6 heteroatoms. The summed E-state index contributed by atoms with van der Waals surface area (Å²) in [4.78, 5) is 2.17. The van der Waals surface area contributed by atoms with Crippen LogP contribution in [0.15, 0.2) is 42.7 Å². The van der Waals surface area contributed by atoms with Crippen molar-refractivity contribution in [1.82, 2.24) is 14.7 Å². The van der Waals surface area contributed by atoms with E-state index in [1.165, 1.54) is 12.1 Å². The molecule has 0 radical (unpaired) electrons. The highest BCUT2D eigenvalue weighted by atomic mass is 19.1. The molecular formula is C16H20FN3O2. The van der Waals surface area contributed by atoms with Crippen molar-refractivity contribution >= 4 is 0 Å². The van der Waals surface area contributed by atoms with Crippen LogP contribution in [0.25, 0.3) is 0 Å². The molecule has 2 aromatic rings. The molecule has 118 valence electrons. The number of halogens is 1. The lowest BCUT2D eigenvalue weighted by atomic mass is 10.1. The summed E-state index contributed by atoms with van der Waals surface area (Å²) in [7, 11) is 0. The minimum Gasteiger partial charge on any atom is -0.387 e. The molecule has 1 N–H and O–H groups in total. The van der Waals surface area contributed by atoms with Crippen LogP contribution in [0, 0.1) is 5.82 Å². The van der Waals surface area contributed by atoms with Crippen LogP contribution in [0.4, 0.5) is 4.39 Å². The van der Waals surface area contributed by atoms with Gasteiger partial charge in [-0.05, 0) is 23.8 Å². The molecule has 2 unspecified atom stereocenters. The van der Waals surface area contributed by atoms with Crippen molar-refractivity contribution in [3.05, 3.63) is 54.1 Å². The number of aliphatic hydroxyl groups excluding tert-OH is 1. The van der Waals surface area contributed by atoms with Crippen LogP contribution in [0.5, 0.6) is 0 Å². The highest BCUT2D eigenvalue weighted by molar-refractivity contribution is 5.18. The lowest BCUT2D eigenvalue weighted by molar-refractivity contribution is -0.0486. The van der Waals surface area contributed by atoms with Gasteiger partial charge in [0, 0.05) is 32.0 Å². The number of hydrogen-bond donors (Lipinski definition) is 1. The summed E-state index contributed by atoms with van der Waals surface area (Å²) >= 11 is 0. The number of benzene rings is 1. The Balaban J connectivity index is 1.54. The smallest absolute Gasteiger partial charge is 0.123 e. The fraction of sp³-hybridized carbons (Fsp3) is 0.438. The first kappa shape index (κ1) is 15.1. The summed E-state index contributed by atoms with van der Waals surface area (Å²) < 4.78 is 20.5. The molecule has 0 saturated carbocycles. The molecule has 1 aromatic carbocycles. The van der Waals surface area contributed by atoms with Crippen LogP contribution >= 0.6 is 0 Å². The number of morpholine rings is 1. The fourth-order valence-electron chi connectivity index (χ4n) is 2.71. The van der Waals surface area contributed by atoms with Crippen LogP contribution in [0.1, 0.15) is 11.7 Å². The number of rotatable bonds is 5. The number of nitrogens with zero attached hydrogens (tertiary/aromatic N) is 3. The second-order valence-electron chi connectivity index (χ2n) is 5.55. The Morgan fingerprint density at radius 2 is 2.18 bits per heavy atom. The second-order valence-corrected chi connectivity index (χ2v) is 5.55. The van der Waals surface area contributed by atoms with Gasteiger partial charge in [-0.1, -0.05) is 12.1 Å². The predicted molar refractivity (Wildman–Crippen MR) is 79.8 cm³/mol. The first-order valence-electron chi connectivity index (χ1n) is 7.45. The van der Waals surface area contributed by atoms with E-state index in [-0.39, 0.29) is 11.9 Å². The van der Waals surface area contributed by atoms with E-state index in [0.29, 0.717) is 19.7 Å². The van der Waals surface area contributed by atoms with Gasteiger partial charge in [0.15, 0.2) is 0 Å². The summed E-state index contributed by atoms with van der Waals surface area (Å²) in [6.07, 6.45) is 3.10. The molecule has 1 aliphatic rings. The SMILES string of the molecule is OC(CN1CCOC(Cn2cccn2)C1)c1ccc(F)cc1. The third-order valence-electron chi connectivity index (χ3n) is 3.86. The van der Waals surface area contributed by atoms with Gasteiger partial charge in [0.1, 0.15) is 5.82 Å². The van der Waals surface area contributed by atoms with Gasteiger partial charge in [-0.15, -0.1) is 0 Å². The molecule has 1 saturated heterocycles. The molecule has 2 heterocycles. The molecule has 22 heavy (non-hydrogen) atoms. The predicted octanol–water partition coefficient (Wildman–Crippen LogP) is 1.46. The third-order valence-corrected chi connectivity index (χ3v) is 3.86. The van der Waals surface area contributed by atoms with Crippen molar-refractivity contribution in [3.8, 4) is 0 Å². The Hall–Kier alpha value is -1.76. The summed E-state index contributed by atoms with van der Waals surface area (Å²) in [5.41, 5.74) is 0.733. The highest BCUT2D eigenvalue weighted by Gasteiger charge is 2.23. The maximum absolute atomic E-state index is 12.9. The zero-order chi connectivity index (χ0) is 15.4. The average molecular weight is 305 g/mol. The summed E-state index contributed by atoms with van der Waals surface area (Å²) in [6.45, 7) is 3.40. The topological polar surface area (TPSA) is 50.5 Å². The maximum atomic E-state index is 12.9. The molecular weight excluding hydrogens is 285 g/mol. The lowest BCUT2D eigenvalue weighted by Gasteiger charge is -2.34. The van der Waals surface area contributed by atoms with Gasteiger partial charge in [0.05, 0.1) is 25.4 Å². The molecule has 2 atom stereocenters. The second kappa shape index (κ2) is 7.00. The molecule has 0 amide bonds. The van der Waals surface area contributed by atoms with E-state index in [4.69, 9.17) is 4.74 Å². The number of aromatic nitrogens is 2. The van der Waals surface area contributed by atoms with Crippen molar-refractivity contribution in [2.24, 2.45) is 0 Å². The molecule has 1 aliphatic heterocycles. The Kier molecular flexibility index (Phi) is 4.82. The largest absolute Gasteiger partial charge is 0.387 e. The minimum atomic E-state index is -0.621. The van der Waals surface area contributed by atoms with Crippen molar-refractivity contribution in [1.29, 1.82) is 0 Å². The van der Waals surface area contributed by atoms with Crippen molar-refractivity contribution in [2.45, 2.75) is 18.8 Å². The van der Waals surface area contributed by atoms with Gasteiger partial charge in [0.2, 0.25) is 0 Å². The Labute approximate surface area is 128 Å². The van der Waals surface area contributed by atoms with E-state index in [1.807, 2.05) is 16.9 Å². The van der Waals surface area contributed by atoms with E-state index < -0.39 is 6.10 Å². The lowest BCUT2D eigenvalue weighted by Crippen LogP contribution is -2.45. The molecule has 1 fully saturated rings. The van der Waals surface area contributed by atoms with Crippen molar-refractivity contribution < 1.29 is 14.2 Å². The third kappa shape index (κ3) is 3.91. The number of β-amino-alcohol motifs (C(OH)–C–C–N with tert-alkyl or cyclic N) is 1. The van der Waals surface area contributed by atoms with Gasteiger partial charge in [-0.2, -0.15) is 5.10 Å². The maximum Gasteiger partial charge on any atom is 0.123 e. The first-order chi connectivity index (χ1) is 10.7. The molecule has 0 aliphatic carbocycles. The van der Waals surface area contributed by atoms with E-state index in [9.17, 15) is 9.50 Å². The number of hydrogen-bond acceptors (Lipinski definition) is 4. The average Bonchev–Trinajstić information content (AvgIpc) is 3.01. The molecule has 0 spiro atoms. The van der Waals surface area contributed by atoms with E-state index in [2.05, 4.69) is 10.00 Å². The normalized spacial score (nSPS) is 20.9. The van der Waals surface area contributed by atoms with Crippen LogP contribution < -0.4 is 0 Å². The molecule has 3 rings (SSSR count). The monoisotopic (exact) mass is 305 g/mol. The zero-order valence-corrected chi connectivity index (χ0v) is 12.3. The Morgan fingerprint density at radius 3 is 2.91 bits per heavy atom. The van der Waals surface area contributed by atoms with Gasteiger partial charge in [-0.3, -0.25) is 9.58 Å². The number of aliphatic hydroxyl groups is 1. The van der Waals surface area contributed by atoms with E-state index in [1.54, 1.807) is 18.3 Å². The summed E-state index contributed by atoms with van der Waals surface area (Å²) in [5.74, 6) is -0.290. The standard InChI is InChI=1S/C16H20FN3O2/c17-14-4-2-13(3-5-14)16(21)12-19-8-9-22-15(10-19)11-20-7-1-6-18-20/h1-7,15-16,21H,8-12H2. The van der Waals surface area contributed by atoms with E-state index >= 15 is 0 Å². The van der Waals surface area contributed by atoms with Crippen LogP contribution in [-0.2, 0) is 11.3 Å². The van der Waals surface area contributed by atoms with Gasteiger partial charge < -0.3 is 9.84 Å². The van der Waals surface area contributed by atoms with Crippen LogP contribution in [0.3, 0.4) is 0 Å². The van der Waals surface area contributed by atoms with Crippen molar-refractivity contribution in [3.63, 3.8) is 0 Å². The first-order valence-corrected chi connectivity index (χ1v) is 7.45. The minimum absolute atomic E-state index is 0.0640. The van der Waals surface area contributed by atoms with Gasteiger partial charge in [-0.25, -0.2) is 4.39 Å². The van der Waals surface area contributed by atoms with Gasteiger partial charge in [0.25, 0.3) is 0 Å². The molecule has 5 nitrogen and oxygen atoms in total. The van der Waals surface area contributed by atoms with Crippen LogP contribution in [0.2, 0.25) is 0 Å². The summed E-state index contributed by atoms with van der Waals surface area (Å²) in [5, 5.41) is 14.5. The molecule has 1 aromatic heterocycles. The number of ether oxygens (including phenoxy) is 1.